The Labute approximate surface area is 198 Å². The first kappa shape index (κ1) is 22.2. The minimum absolute atomic E-state index is 0.0568. The third-order valence-corrected chi connectivity index (χ3v) is 6.34. The predicted octanol–water partition coefficient (Wildman–Crippen LogP) is 5.56. The lowest BCUT2D eigenvalue weighted by molar-refractivity contribution is -0.135. The molecule has 0 atom stereocenters. The molecule has 1 aliphatic heterocycles. The van der Waals surface area contributed by atoms with E-state index in [4.69, 9.17) is 9.47 Å². The third kappa shape index (κ3) is 4.50. The van der Waals surface area contributed by atoms with Crippen molar-refractivity contribution in [2.45, 2.75) is 6.92 Å². The summed E-state index contributed by atoms with van der Waals surface area (Å²) >= 11 is 13.0. The Morgan fingerprint density at radius 3 is 2.07 bits per heavy atom. The molecule has 0 aliphatic carbocycles. The van der Waals surface area contributed by atoms with Gasteiger partial charge in [0.05, 0.1) is 17.9 Å². The summed E-state index contributed by atoms with van der Waals surface area (Å²) in [4.78, 5) is 36.7. The highest BCUT2D eigenvalue weighted by Gasteiger charge is 2.33. The van der Waals surface area contributed by atoms with E-state index in [0.29, 0.717) is 29.0 Å². The molecular weight excluding hydrogens is 644 g/mol. The van der Waals surface area contributed by atoms with Gasteiger partial charge in [-0.1, -0.05) is 0 Å². The van der Waals surface area contributed by atoms with E-state index in [9.17, 15) is 19.5 Å². The van der Waals surface area contributed by atoms with E-state index in [1.54, 1.807) is 12.1 Å². The molecule has 0 saturated carbocycles. The summed E-state index contributed by atoms with van der Waals surface area (Å²) in [6.45, 7) is 1.20. The number of phenols is 1. The molecule has 2 aromatic carbocycles. The lowest BCUT2D eigenvalue weighted by atomic mass is 9.95. The first-order valence-corrected chi connectivity index (χ1v) is 11.1. The highest BCUT2D eigenvalue weighted by Crippen LogP contribution is 2.40. The number of rotatable bonds is 4. The molecule has 0 bridgehead atoms. The number of ether oxygens (including phenoxy) is 2. The van der Waals surface area contributed by atoms with Crippen LogP contribution in [0.3, 0.4) is 0 Å². The number of esters is 2. The monoisotopic (exact) mass is 650 g/mol. The summed E-state index contributed by atoms with van der Waals surface area (Å²) in [5, 5.41) is 9.85. The van der Waals surface area contributed by atoms with E-state index < -0.39 is 17.7 Å². The maximum Gasteiger partial charge on any atom is 0.342 e. The molecule has 0 unspecified atom stereocenters. The fraction of sp³-hybridized carbons (Fsp3) is 0.105. The Balaban J connectivity index is 2.11. The van der Waals surface area contributed by atoms with Gasteiger partial charge in [-0.25, -0.2) is 4.79 Å². The minimum atomic E-state index is -0.735. The van der Waals surface area contributed by atoms with Crippen LogP contribution in [-0.4, -0.2) is 29.4 Å². The summed E-state index contributed by atoms with van der Waals surface area (Å²) < 4.78 is 11.8. The van der Waals surface area contributed by atoms with Gasteiger partial charge >= 0.3 is 11.9 Å². The van der Waals surface area contributed by atoms with E-state index in [2.05, 4.69) is 63.7 Å². The maximum atomic E-state index is 13.1. The zero-order valence-corrected chi connectivity index (χ0v) is 20.9. The average Bonchev–Trinajstić information content (AvgIpc) is 3.02. The lowest BCUT2D eigenvalue weighted by Crippen LogP contribution is -2.11. The average molecular weight is 654 g/mol. The number of hydrogen-bond acceptors (Lipinski definition) is 6. The third-order valence-electron chi connectivity index (χ3n) is 3.95. The van der Waals surface area contributed by atoms with Crippen LogP contribution in [0.4, 0.5) is 0 Å². The summed E-state index contributed by atoms with van der Waals surface area (Å²) in [6.07, 6.45) is 0. The van der Waals surface area contributed by atoms with Crippen molar-refractivity contribution in [2.75, 3.05) is 6.61 Å². The van der Waals surface area contributed by atoms with Crippen molar-refractivity contribution in [1.82, 2.24) is 0 Å². The summed E-state index contributed by atoms with van der Waals surface area (Å²) in [5.74, 6) is -1.54. The van der Waals surface area contributed by atoms with Gasteiger partial charge in [-0.2, -0.15) is 0 Å². The Morgan fingerprint density at radius 2 is 1.55 bits per heavy atom. The summed E-state index contributed by atoms with van der Waals surface area (Å²) in [6, 6.07) is 6.12. The van der Waals surface area contributed by atoms with Crippen LogP contribution >= 0.6 is 63.7 Å². The van der Waals surface area contributed by atoms with Crippen LogP contribution in [0.2, 0.25) is 0 Å². The van der Waals surface area contributed by atoms with Crippen molar-refractivity contribution in [3.05, 3.63) is 58.9 Å². The standard InChI is InChI=1S/C19H10Br4O6/c1-7(24)29-18-13(22)2-8(3-14(18)23)10-6-28-19(27)15(10)16(25)9-4-11(20)17(26)12(21)5-9/h2-5,26H,6H2,1H3. The van der Waals surface area contributed by atoms with Gasteiger partial charge in [-0.3, -0.25) is 9.59 Å². The van der Waals surface area contributed by atoms with Gasteiger partial charge in [0.2, 0.25) is 5.78 Å². The van der Waals surface area contributed by atoms with Crippen LogP contribution < -0.4 is 4.74 Å². The van der Waals surface area contributed by atoms with E-state index in [1.807, 2.05) is 0 Å². The Kier molecular flexibility index (Phi) is 6.67. The molecule has 0 radical (unpaired) electrons. The first-order chi connectivity index (χ1) is 13.6. The predicted molar refractivity (Wildman–Crippen MR) is 119 cm³/mol. The quantitative estimate of drug-likeness (QED) is 0.201. The van der Waals surface area contributed by atoms with Gasteiger partial charge < -0.3 is 14.6 Å². The largest absolute Gasteiger partial charge is 0.506 e. The number of cyclic esters (lactones) is 1. The molecule has 1 aliphatic rings. The zero-order chi connectivity index (χ0) is 21.5. The summed E-state index contributed by atoms with van der Waals surface area (Å²) in [7, 11) is 0. The highest BCUT2D eigenvalue weighted by molar-refractivity contribution is 9.11. The number of Topliss-reactive ketones (excluding diaryl/α,β-unsaturated/α-hetero) is 1. The number of aromatic hydroxyl groups is 1. The molecule has 29 heavy (non-hydrogen) atoms. The number of carbonyl (C=O) groups is 3. The minimum Gasteiger partial charge on any atom is -0.506 e. The molecule has 1 heterocycles. The van der Waals surface area contributed by atoms with Crippen LogP contribution in [-0.2, 0) is 14.3 Å². The summed E-state index contributed by atoms with van der Waals surface area (Å²) in [5.41, 5.74) is 1.04. The van der Waals surface area contributed by atoms with E-state index >= 15 is 0 Å². The van der Waals surface area contributed by atoms with E-state index in [1.165, 1.54) is 19.1 Å². The Hall–Kier alpha value is -1.49. The second kappa shape index (κ2) is 8.71. The number of halogens is 4. The molecule has 0 aromatic heterocycles. The van der Waals surface area contributed by atoms with Crippen LogP contribution in [0.1, 0.15) is 22.8 Å². The Bertz CT molecular complexity index is 1060. The second-order valence-electron chi connectivity index (χ2n) is 5.91. The van der Waals surface area contributed by atoms with Crippen molar-refractivity contribution in [3.63, 3.8) is 0 Å². The highest BCUT2D eigenvalue weighted by atomic mass is 79.9. The van der Waals surface area contributed by atoms with Gasteiger partial charge in [-0.15, -0.1) is 0 Å². The normalized spacial score (nSPS) is 13.5. The van der Waals surface area contributed by atoms with Crippen LogP contribution in [0, 0.1) is 0 Å². The number of carbonyl (C=O) groups excluding carboxylic acids is 3. The van der Waals surface area contributed by atoms with Gasteiger partial charge in [-0.05, 0) is 93.5 Å². The molecule has 150 valence electrons. The van der Waals surface area contributed by atoms with Gasteiger partial charge in [0.15, 0.2) is 5.75 Å². The first-order valence-electron chi connectivity index (χ1n) is 7.91. The fourth-order valence-corrected chi connectivity index (χ4v) is 5.21. The SMILES string of the molecule is CC(=O)Oc1c(Br)cc(C2=C(C(=O)c3cc(Br)c(O)c(Br)c3)C(=O)OC2)cc1Br. The molecule has 6 nitrogen and oxygen atoms in total. The smallest absolute Gasteiger partial charge is 0.342 e. The van der Waals surface area contributed by atoms with Gasteiger partial charge in [0.25, 0.3) is 0 Å². The fourth-order valence-electron chi connectivity index (χ4n) is 2.68. The van der Waals surface area contributed by atoms with Crippen LogP contribution in [0.15, 0.2) is 47.7 Å². The van der Waals surface area contributed by atoms with Crippen LogP contribution in [0.5, 0.6) is 11.5 Å². The molecule has 2 aromatic rings. The molecule has 0 amide bonds. The van der Waals surface area contributed by atoms with Crippen molar-refractivity contribution in [3.8, 4) is 11.5 Å². The van der Waals surface area contributed by atoms with Gasteiger partial charge in [0.1, 0.15) is 17.9 Å². The number of phenolic OH excluding ortho intramolecular Hbond substituents is 1. The number of hydrogen-bond donors (Lipinski definition) is 1. The molecule has 3 rings (SSSR count). The molecule has 1 N–H and O–H groups in total. The van der Waals surface area contributed by atoms with Crippen molar-refractivity contribution < 1.29 is 29.0 Å². The lowest BCUT2D eigenvalue weighted by Gasteiger charge is -2.11. The van der Waals surface area contributed by atoms with Crippen molar-refractivity contribution in [2.24, 2.45) is 0 Å². The molecule has 0 spiro atoms. The number of ketones is 1. The van der Waals surface area contributed by atoms with Gasteiger partial charge in [0, 0.05) is 18.1 Å². The number of benzene rings is 2. The van der Waals surface area contributed by atoms with Crippen molar-refractivity contribution in [1.29, 1.82) is 0 Å². The topological polar surface area (TPSA) is 89.9 Å². The van der Waals surface area contributed by atoms with E-state index in [-0.39, 0.29) is 29.2 Å². The van der Waals surface area contributed by atoms with Crippen molar-refractivity contribution >= 4 is 87.0 Å². The molecule has 0 fully saturated rings. The second-order valence-corrected chi connectivity index (χ2v) is 9.33. The molecular formula is C19H10Br4O6. The maximum absolute atomic E-state index is 13.1. The zero-order valence-electron chi connectivity index (χ0n) is 14.5. The van der Waals surface area contributed by atoms with E-state index in [0.717, 1.165) is 0 Å². The molecule has 10 heteroatoms. The van der Waals surface area contributed by atoms with Crippen LogP contribution in [0.25, 0.3) is 5.57 Å². The Morgan fingerprint density at radius 1 is 1.00 bits per heavy atom. The molecule has 0 saturated heterocycles.